The number of carbonyl (C=O) groups excluding carboxylic acids is 2. The Kier molecular flexibility index (Phi) is 25.2. The minimum Gasteiger partial charge on any atom is -0.507 e. The summed E-state index contributed by atoms with van der Waals surface area (Å²) in [6.07, 6.45) is 28.6. The highest BCUT2D eigenvalue weighted by Gasteiger charge is 2.28. The minimum absolute atomic E-state index is 0.0641. The number of phenols is 2. The first kappa shape index (κ1) is 57.1. The maximum Gasteiger partial charge on any atom is 0.220 e. The van der Waals surface area contributed by atoms with Gasteiger partial charge in [-0.1, -0.05) is 230 Å². The fourth-order valence-electron chi connectivity index (χ4n) is 9.02. The molecule has 0 saturated heterocycles. The van der Waals surface area contributed by atoms with Gasteiger partial charge in [0.05, 0.1) is 0 Å². The van der Waals surface area contributed by atoms with Crippen LogP contribution in [0.5, 0.6) is 11.5 Å². The predicted molar refractivity (Wildman–Crippen MR) is 275 cm³/mol. The molecule has 0 fully saturated rings. The molecule has 1 atom stereocenters. The number of aromatic hydroxyl groups is 2. The first-order chi connectivity index (χ1) is 29.9. The predicted octanol–water partition coefficient (Wildman–Crippen LogP) is 15.7. The lowest BCUT2D eigenvalue weighted by molar-refractivity contribution is -0.122. The van der Waals surface area contributed by atoms with Gasteiger partial charge in [0.1, 0.15) is 11.5 Å². The van der Waals surface area contributed by atoms with E-state index in [0.29, 0.717) is 43.7 Å². The second kappa shape index (κ2) is 28.2. The lowest BCUT2D eigenvalue weighted by Gasteiger charge is -2.28. The number of benzene rings is 2. The van der Waals surface area contributed by atoms with Crippen molar-refractivity contribution >= 4 is 11.8 Å². The van der Waals surface area contributed by atoms with Crippen molar-refractivity contribution in [2.75, 3.05) is 6.54 Å². The topological polar surface area (TPSA) is 98.7 Å². The second-order valence-corrected chi connectivity index (χ2v) is 23.6. The molecular weight excluding hydrogens is 789 g/mol. The number of hydrogen-bond donors (Lipinski definition) is 4. The van der Waals surface area contributed by atoms with Crippen molar-refractivity contribution in [2.45, 2.75) is 278 Å². The molecule has 2 rings (SSSR count). The van der Waals surface area contributed by atoms with Gasteiger partial charge in [0.25, 0.3) is 0 Å². The summed E-state index contributed by atoms with van der Waals surface area (Å²) < 4.78 is 0. The van der Waals surface area contributed by atoms with Gasteiger partial charge in [-0.3, -0.25) is 9.59 Å². The average molecular weight is 889 g/mol. The average Bonchev–Trinajstić information content (AvgIpc) is 3.19. The van der Waals surface area contributed by atoms with Crippen LogP contribution in [-0.2, 0) is 44.1 Å². The molecule has 0 saturated carbocycles. The van der Waals surface area contributed by atoms with Gasteiger partial charge >= 0.3 is 0 Å². The van der Waals surface area contributed by atoms with E-state index in [9.17, 15) is 19.8 Å². The number of phenolic OH excluding ortho intramolecular Hbond substituents is 2. The number of unbranched alkanes of at least 4 members (excludes halogenated alkanes) is 17. The van der Waals surface area contributed by atoms with Gasteiger partial charge in [0, 0.05) is 25.4 Å². The lowest BCUT2D eigenvalue weighted by Crippen LogP contribution is -2.35. The SMILES string of the molecule is CCCCCCCCCCCCCCCCCCC(CCCCCNC(=O)CCc1cc(C(C)(C)C)c(O)c(C(C)(C)C)c1)NC(=O)CCc1cc(C(C)(C)C)c(O)c(C(C)(C)C)c1. The zero-order chi connectivity index (χ0) is 48.0. The molecule has 64 heavy (non-hydrogen) atoms. The molecular formula is C58H100N2O4. The van der Waals surface area contributed by atoms with E-state index >= 15 is 0 Å². The molecule has 0 radical (unpaired) electrons. The molecule has 0 aliphatic rings. The Morgan fingerprint density at radius 2 is 0.750 bits per heavy atom. The summed E-state index contributed by atoms with van der Waals surface area (Å²) in [5, 5.41) is 28.9. The third kappa shape index (κ3) is 22.4. The van der Waals surface area contributed by atoms with Crippen molar-refractivity contribution < 1.29 is 19.8 Å². The first-order valence-corrected chi connectivity index (χ1v) is 26.2. The minimum atomic E-state index is -0.204. The Hall–Kier alpha value is -3.02. The summed E-state index contributed by atoms with van der Waals surface area (Å²) in [6.45, 7) is 28.4. The second-order valence-electron chi connectivity index (χ2n) is 23.6. The summed E-state index contributed by atoms with van der Waals surface area (Å²) in [5.41, 5.74) is 5.13. The third-order valence-electron chi connectivity index (χ3n) is 13.2. The summed E-state index contributed by atoms with van der Waals surface area (Å²) in [7, 11) is 0. The number of aryl methyl sites for hydroxylation is 2. The van der Waals surface area contributed by atoms with Crippen LogP contribution in [0.2, 0.25) is 0 Å². The van der Waals surface area contributed by atoms with E-state index < -0.39 is 0 Å². The third-order valence-corrected chi connectivity index (χ3v) is 13.2. The van der Waals surface area contributed by atoms with Crippen LogP contribution in [0.4, 0.5) is 0 Å². The maximum absolute atomic E-state index is 13.5. The molecule has 0 aromatic heterocycles. The number of hydrogen-bond acceptors (Lipinski definition) is 4. The molecule has 2 aromatic rings. The van der Waals surface area contributed by atoms with Gasteiger partial charge in [0.15, 0.2) is 0 Å². The molecule has 0 spiro atoms. The highest BCUT2D eigenvalue weighted by Crippen LogP contribution is 2.41. The van der Waals surface area contributed by atoms with Crippen molar-refractivity contribution in [1.82, 2.24) is 10.6 Å². The zero-order valence-electron chi connectivity index (χ0n) is 44.0. The van der Waals surface area contributed by atoms with E-state index in [1.165, 1.54) is 96.3 Å². The Balaban J connectivity index is 1.88. The number of rotatable bonds is 30. The van der Waals surface area contributed by atoms with E-state index in [2.05, 4.69) is 125 Å². The molecule has 2 amide bonds. The highest BCUT2D eigenvalue weighted by atomic mass is 16.3. The van der Waals surface area contributed by atoms with Crippen LogP contribution in [0.15, 0.2) is 24.3 Å². The zero-order valence-corrected chi connectivity index (χ0v) is 44.0. The highest BCUT2D eigenvalue weighted by molar-refractivity contribution is 5.77. The van der Waals surface area contributed by atoms with Gasteiger partial charge in [-0.05, 0) is 87.1 Å². The molecule has 366 valence electrons. The Morgan fingerprint density at radius 3 is 1.08 bits per heavy atom. The van der Waals surface area contributed by atoms with Crippen LogP contribution in [0, 0.1) is 0 Å². The summed E-state index contributed by atoms with van der Waals surface area (Å²) >= 11 is 0. The monoisotopic (exact) mass is 889 g/mol. The summed E-state index contributed by atoms with van der Waals surface area (Å²) in [5.74, 6) is 0.923. The number of carbonyl (C=O) groups is 2. The van der Waals surface area contributed by atoms with Crippen molar-refractivity contribution in [1.29, 1.82) is 0 Å². The van der Waals surface area contributed by atoms with Crippen LogP contribution < -0.4 is 10.6 Å². The Bertz CT molecular complexity index is 1580. The molecule has 0 bridgehead atoms. The number of nitrogens with one attached hydrogen (secondary N) is 2. The number of amides is 2. The molecule has 6 nitrogen and oxygen atoms in total. The van der Waals surface area contributed by atoms with E-state index in [1.807, 2.05) is 0 Å². The van der Waals surface area contributed by atoms with Gasteiger partial charge in [-0.2, -0.15) is 0 Å². The van der Waals surface area contributed by atoms with Gasteiger partial charge < -0.3 is 20.8 Å². The molecule has 4 N–H and O–H groups in total. The molecule has 2 aromatic carbocycles. The fourth-order valence-corrected chi connectivity index (χ4v) is 9.02. The molecule has 1 unspecified atom stereocenters. The Labute approximate surface area is 394 Å². The van der Waals surface area contributed by atoms with Gasteiger partial charge in [-0.25, -0.2) is 0 Å². The molecule has 0 aliphatic carbocycles. The normalized spacial score (nSPS) is 13.0. The molecule has 6 heteroatoms. The van der Waals surface area contributed by atoms with E-state index in [-0.39, 0.29) is 39.5 Å². The van der Waals surface area contributed by atoms with Crippen molar-refractivity contribution in [3.05, 3.63) is 57.6 Å². The van der Waals surface area contributed by atoms with Crippen LogP contribution >= 0.6 is 0 Å². The summed E-state index contributed by atoms with van der Waals surface area (Å²) in [4.78, 5) is 26.5. The maximum atomic E-state index is 13.5. The van der Waals surface area contributed by atoms with E-state index in [4.69, 9.17) is 0 Å². The van der Waals surface area contributed by atoms with Crippen molar-refractivity contribution in [2.24, 2.45) is 0 Å². The van der Waals surface area contributed by atoms with Crippen LogP contribution in [0.1, 0.15) is 271 Å². The smallest absolute Gasteiger partial charge is 0.220 e. The van der Waals surface area contributed by atoms with Crippen LogP contribution in [-0.4, -0.2) is 34.6 Å². The lowest BCUT2D eigenvalue weighted by atomic mass is 9.78. The molecule has 0 aliphatic heterocycles. The Morgan fingerprint density at radius 1 is 0.453 bits per heavy atom. The van der Waals surface area contributed by atoms with Gasteiger partial charge in [-0.15, -0.1) is 0 Å². The van der Waals surface area contributed by atoms with Crippen molar-refractivity contribution in [3.8, 4) is 11.5 Å². The summed E-state index contributed by atoms with van der Waals surface area (Å²) in [6, 6.07) is 8.51. The largest absolute Gasteiger partial charge is 0.507 e. The molecule has 0 heterocycles. The van der Waals surface area contributed by atoms with E-state index in [1.54, 1.807) is 0 Å². The van der Waals surface area contributed by atoms with Crippen molar-refractivity contribution in [3.63, 3.8) is 0 Å². The first-order valence-electron chi connectivity index (χ1n) is 26.2. The van der Waals surface area contributed by atoms with E-state index in [0.717, 1.165) is 71.9 Å². The van der Waals surface area contributed by atoms with Crippen LogP contribution in [0.25, 0.3) is 0 Å². The quantitative estimate of drug-likeness (QED) is 0.0587. The fraction of sp³-hybridized carbons (Fsp3) is 0.759. The van der Waals surface area contributed by atoms with Gasteiger partial charge in [0.2, 0.25) is 11.8 Å². The standard InChI is InChI=1S/C58H100N2O4/c1-14-15-16-17-18-19-20-21-22-23-24-25-26-27-28-30-33-46(60-52(62)38-36-45-42-49(57(8,9)10)54(64)50(43-45)58(11,12)13)34-31-29-32-39-59-51(61)37-35-44-40-47(55(2,3)4)53(63)48(41-44)56(5,6)7/h40-43,46,63-64H,14-39H2,1-13H3,(H,59,61)(H,60,62). The van der Waals surface area contributed by atoms with Crippen LogP contribution in [0.3, 0.4) is 0 Å².